The van der Waals surface area contributed by atoms with E-state index in [9.17, 15) is 9.00 Å². The normalized spacial score (nSPS) is 11.9. The summed E-state index contributed by atoms with van der Waals surface area (Å²) in [5.41, 5.74) is 6.22. The van der Waals surface area contributed by atoms with Crippen LogP contribution in [0.25, 0.3) is 0 Å². The fourth-order valence-electron chi connectivity index (χ4n) is 1.27. The predicted molar refractivity (Wildman–Crippen MR) is 72.0 cm³/mol. The summed E-state index contributed by atoms with van der Waals surface area (Å²) in [4.78, 5) is 15.6. The molecule has 0 bridgehead atoms. The van der Waals surface area contributed by atoms with Crippen molar-refractivity contribution in [1.29, 1.82) is 0 Å². The van der Waals surface area contributed by atoms with Crippen LogP contribution in [0, 0.1) is 0 Å². The zero-order valence-corrected chi connectivity index (χ0v) is 11.3. The number of carbonyl (C=O) groups is 1. The zero-order chi connectivity index (χ0) is 13.5. The van der Waals surface area contributed by atoms with Crippen LogP contribution in [0.15, 0.2) is 12.3 Å². The van der Waals surface area contributed by atoms with Crippen molar-refractivity contribution in [3.8, 4) is 0 Å². The van der Waals surface area contributed by atoms with Gasteiger partial charge in [-0.15, -0.1) is 0 Å². The van der Waals surface area contributed by atoms with Gasteiger partial charge in [0.1, 0.15) is 5.82 Å². The molecule has 0 aliphatic carbocycles. The number of nitrogen functional groups attached to an aromatic ring is 1. The SMILES string of the molecule is CCOC(=O)c1cc(NCCS(C)=O)ncc1N. The molecule has 3 N–H and O–H groups in total. The molecule has 0 fully saturated rings. The Kier molecular flexibility index (Phi) is 5.57. The van der Waals surface area contributed by atoms with Gasteiger partial charge >= 0.3 is 5.97 Å². The number of hydrogen-bond acceptors (Lipinski definition) is 6. The minimum Gasteiger partial charge on any atom is -0.462 e. The standard InChI is InChI=1S/C11H17N3O3S/c1-3-17-11(15)8-6-10(14-7-9(8)12)13-4-5-18(2)16/h6-7H,3-5,12H2,1-2H3,(H,13,14). The lowest BCUT2D eigenvalue weighted by atomic mass is 10.2. The van der Waals surface area contributed by atoms with E-state index in [1.54, 1.807) is 13.2 Å². The largest absolute Gasteiger partial charge is 0.462 e. The molecule has 0 aliphatic rings. The molecule has 1 aromatic rings. The average Bonchev–Trinajstić information content (AvgIpc) is 2.31. The lowest BCUT2D eigenvalue weighted by Gasteiger charge is -2.08. The smallest absolute Gasteiger partial charge is 0.340 e. The number of carbonyl (C=O) groups excluding carboxylic acids is 1. The second-order valence-corrected chi connectivity index (χ2v) is 5.14. The highest BCUT2D eigenvalue weighted by molar-refractivity contribution is 7.84. The number of nitrogens with one attached hydrogen (secondary N) is 1. The van der Waals surface area contributed by atoms with Crippen LogP contribution in [0.5, 0.6) is 0 Å². The second-order valence-electron chi connectivity index (χ2n) is 3.58. The highest BCUT2D eigenvalue weighted by Crippen LogP contribution is 2.15. The Morgan fingerprint density at radius 1 is 1.61 bits per heavy atom. The maximum Gasteiger partial charge on any atom is 0.340 e. The molecule has 0 saturated heterocycles. The Morgan fingerprint density at radius 3 is 2.94 bits per heavy atom. The van der Waals surface area contributed by atoms with Gasteiger partial charge in [0, 0.05) is 29.4 Å². The molecule has 0 aliphatic heterocycles. The summed E-state index contributed by atoms with van der Waals surface area (Å²) in [6.07, 6.45) is 3.03. The number of rotatable bonds is 6. The van der Waals surface area contributed by atoms with Crippen molar-refractivity contribution in [2.24, 2.45) is 0 Å². The van der Waals surface area contributed by atoms with E-state index < -0.39 is 16.8 Å². The number of nitrogens with zero attached hydrogens (tertiary/aromatic N) is 1. The van der Waals surface area contributed by atoms with Crippen molar-refractivity contribution >= 4 is 28.3 Å². The summed E-state index contributed by atoms with van der Waals surface area (Å²) >= 11 is 0. The minimum absolute atomic E-state index is 0.276. The summed E-state index contributed by atoms with van der Waals surface area (Å²) in [7, 11) is -0.867. The number of pyridine rings is 1. The fraction of sp³-hybridized carbons (Fsp3) is 0.455. The van der Waals surface area contributed by atoms with E-state index in [0.29, 0.717) is 18.1 Å². The first-order valence-electron chi connectivity index (χ1n) is 5.51. The molecule has 0 radical (unpaired) electrons. The van der Waals surface area contributed by atoms with E-state index in [4.69, 9.17) is 10.5 Å². The first-order valence-corrected chi connectivity index (χ1v) is 7.23. The molecule has 1 unspecified atom stereocenters. The third-order valence-electron chi connectivity index (χ3n) is 2.13. The van der Waals surface area contributed by atoms with Gasteiger partial charge in [0.05, 0.1) is 24.1 Å². The highest BCUT2D eigenvalue weighted by Gasteiger charge is 2.12. The van der Waals surface area contributed by atoms with E-state index in [1.165, 1.54) is 12.3 Å². The summed E-state index contributed by atoms with van der Waals surface area (Å²) in [6.45, 7) is 2.53. The van der Waals surface area contributed by atoms with Crippen molar-refractivity contribution in [2.45, 2.75) is 6.92 Å². The number of aromatic nitrogens is 1. The molecule has 0 spiro atoms. The van der Waals surface area contributed by atoms with E-state index in [0.717, 1.165) is 0 Å². The van der Waals surface area contributed by atoms with Gasteiger partial charge in [-0.2, -0.15) is 0 Å². The first-order chi connectivity index (χ1) is 8.54. The summed E-state index contributed by atoms with van der Waals surface area (Å²) in [5, 5.41) is 2.97. The topological polar surface area (TPSA) is 94.3 Å². The molecule has 18 heavy (non-hydrogen) atoms. The summed E-state index contributed by atoms with van der Waals surface area (Å²) in [6, 6.07) is 1.53. The Hall–Kier alpha value is -1.63. The lowest BCUT2D eigenvalue weighted by Crippen LogP contribution is -2.13. The van der Waals surface area contributed by atoms with Gasteiger partial charge in [-0.3, -0.25) is 4.21 Å². The summed E-state index contributed by atoms with van der Waals surface area (Å²) in [5.74, 6) is 0.554. The number of hydrogen-bond donors (Lipinski definition) is 2. The van der Waals surface area contributed by atoms with Crippen molar-refractivity contribution in [3.05, 3.63) is 17.8 Å². The molecule has 7 heteroatoms. The van der Waals surface area contributed by atoms with Crippen LogP contribution in [0.3, 0.4) is 0 Å². The molecular formula is C11H17N3O3S. The lowest BCUT2D eigenvalue weighted by molar-refractivity contribution is 0.0527. The molecule has 0 amide bonds. The van der Waals surface area contributed by atoms with Gasteiger partial charge in [-0.05, 0) is 13.0 Å². The number of nitrogens with two attached hydrogens (primary N) is 1. The predicted octanol–water partition coefficient (Wildman–Crippen LogP) is 0.631. The van der Waals surface area contributed by atoms with Gasteiger partial charge in [0.15, 0.2) is 0 Å². The Bertz CT molecular complexity index is 451. The van der Waals surface area contributed by atoms with Gasteiger partial charge in [0.2, 0.25) is 0 Å². The van der Waals surface area contributed by atoms with Crippen LogP contribution in [0.4, 0.5) is 11.5 Å². The van der Waals surface area contributed by atoms with Crippen LogP contribution >= 0.6 is 0 Å². The monoisotopic (exact) mass is 271 g/mol. The third-order valence-corrected chi connectivity index (χ3v) is 2.90. The molecule has 0 saturated carbocycles. The van der Waals surface area contributed by atoms with Gasteiger partial charge < -0.3 is 15.8 Å². The van der Waals surface area contributed by atoms with Crippen LogP contribution in [-0.2, 0) is 15.5 Å². The average molecular weight is 271 g/mol. The van der Waals surface area contributed by atoms with Crippen molar-refractivity contribution in [1.82, 2.24) is 4.98 Å². The van der Waals surface area contributed by atoms with Crippen molar-refractivity contribution < 1.29 is 13.7 Å². The molecular weight excluding hydrogens is 254 g/mol. The quantitative estimate of drug-likeness (QED) is 0.737. The van der Waals surface area contributed by atoms with Crippen LogP contribution in [0.1, 0.15) is 17.3 Å². The van der Waals surface area contributed by atoms with Gasteiger partial charge in [-0.1, -0.05) is 0 Å². The Balaban J connectivity index is 2.74. The van der Waals surface area contributed by atoms with Crippen LogP contribution in [0.2, 0.25) is 0 Å². The summed E-state index contributed by atoms with van der Waals surface area (Å²) < 4.78 is 15.8. The molecule has 100 valence electrons. The number of ether oxygens (including phenoxy) is 1. The van der Waals surface area contributed by atoms with E-state index in [-0.39, 0.29) is 17.9 Å². The van der Waals surface area contributed by atoms with Crippen molar-refractivity contribution in [2.75, 3.05) is 36.2 Å². The maximum atomic E-state index is 11.6. The van der Waals surface area contributed by atoms with Crippen LogP contribution < -0.4 is 11.1 Å². The maximum absolute atomic E-state index is 11.6. The molecule has 1 rings (SSSR count). The number of esters is 1. The van der Waals surface area contributed by atoms with E-state index >= 15 is 0 Å². The Morgan fingerprint density at radius 2 is 2.33 bits per heavy atom. The first kappa shape index (κ1) is 14.4. The second kappa shape index (κ2) is 6.95. The minimum atomic E-state index is -0.867. The van der Waals surface area contributed by atoms with E-state index in [1.807, 2.05) is 0 Å². The highest BCUT2D eigenvalue weighted by atomic mass is 32.2. The zero-order valence-electron chi connectivity index (χ0n) is 10.4. The molecule has 0 aromatic carbocycles. The third kappa shape index (κ3) is 4.33. The molecule has 1 aromatic heterocycles. The fourth-order valence-corrected chi connectivity index (χ4v) is 1.66. The Labute approximate surface area is 108 Å². The molecule has 1 atom stereocenters. The molecule has 6 nitrogen and oxygen atoms in total. The van der Waals surface area contributed by atoms with Crippen molar-refractivity contribution in [3.63, 3.8) is 0 Å². The van der Waals surface area contributed by atoms with Gasteiger partial charge in [0.25, 0.3) is 0 Å². The molecule has 1 heterocycles. The van der Waals surface area contributed by atoms with Crippen LogP contribution in [-0.4, -0.2) is 40.3 Å². The van der Waals surface area contributed by atoms with E-state index in [2.05, 4.69) is 10.3 Å². The van der Waals surface area contributed by atoms with Gasteiger partial charge in [-0.25, -0.2) is 9.78 Å². The number of anilines is 2.